The zero-order valence-corrected chi connectivity index (χ0v) is 19.0. The van der Waals surface area contributed by atoms with E-state index in [1.807, 2.05) is 0 Å². The molecule has 0 radical (unpaired) electrons. The number of rotatable bonds is 9. The summed E-state index contributed by atoms with van der Waals surface area (Å²) < 4.78 is 12.6. The van der Waals surface area contributed by atoms with Crippen molar-refractivity contribution in [1.82, 2.24) is 14.8 Å². The minimum Gasteiger partial charge on any atom is -0.494 e. The van der Waals surface area contributed by atoms with E-state index in [-0.39, 0.29) is 24.0 Å². The number of benzene rings is 2. The lowest BCUT2D eigenvalue weighted by Gasteiger charge is -2.14. The number of hydrogen-bond donors (Lipinski definition) is 1. The molecule has 0 spiro atoms. The maximum atomic E-state index is 12.6. The molecule has 0 aliphatic rings. The summed E-state index contributed by atoms with van der Waals surface area (Å²) in [5, 5.41) is 22.5. The highest BCUT2D eigenvalue weighted by molar-refractivity contribution is 8.00. The van der Waals surface area contributed by atoms with Crippen molar-refractivity contribution in [3.63, 3.8) is 0 Å². The van der Waals surface area contributed by atoms with Gasteiger partial charge in [-0.15, -0.1) is 10.2 Å². The third kappa shape index (κ3) is 5.68. The van der Waals surface area contributed by atoms with Crippen LogP contribution in [0.2, 0.25) is 5.02 Å². The number of thioether (sulfide) groups is 1. The molecule has 10 nitrogen and oxygen atoms in total. The zero-order valence-electron chi connectivity index (χ0n) is 17.4. The number of carbonyl (C=O) groups excluding carboxylic acids is 1. The first-order valence-corrected chi connectivity index (χ1v) is 10.6. The molecule has 1 aromatic heterocycles. The summed E-state index contributed by atoms with van der Waals surface area (Å²) in [7, 11) is 3.16. The number of carbonyl (C=O) groups is 1. The molecule has 1 amide bonds. The third-order valence-corrected chi connectivity index (χ3v) is 5.80. The molecule has 0 aliphatic heterocycles. The van der Waals surface area contributed by atoms with Crippen molar-refractivity contribution in [2.75, 3.05) is 12.4 Å². The molecule has 2 aromatic carbocycles. The van der Waals surface area contributed by atoms with E-state index in [0.717, 1.165) is 0 Å². The van der Waals surface area contributed by atoms with Gasteiger partial charge in [0.1, 0.15) is 18.1 Å². The van der Waals surface area contributed by atoms with Crippen LogP contribution in [0.5, 0.6) is 11.5 Å². The van der Waals surface area contributed by atoms with Crippen LogP contribution in [0.4, 0.5) is 11.4 Å². The average molecular weight is 478 g/mol. The molecule has 0 aliphatic carbocycles. The summed E-state index contributed by atoms with van der Waals surface area (Å²) in [5.74, 6) is 1.12. The maximum absolute atomic E-state index is 12.6. The van der Waals surface area contributed by atoms with Gasteiger partial charge in [-0.2, -0.15) is 0 Å². The lowest BCUT2D eigenvalue weighted by molar-refractivity contribution is -0.384. The Morgan fingerprint density at radius 3 is 2.66 bits per heavy atom. The van der Waals surface area contributed by atoms with Crippen LogP contribution in [0.3, 0.4) is 0 Å². The van der Waals surface area contributed by atoms with E-state index in [1.54, 1.807) is 42.8 Å². The van der Waals surface area contributed by atoms with Crippen LogP contribution in [0.15, 0.2) is 47.6 Å². The highest BCUT2D eigenvalue weighted by Crippen LogP contribution is 2.30. The molecule has 1 heterocycles. The molecule has 12 heteroatoms. The Morgan fingerprint density at radius 2 is 2.00 bits per heavy atom. The fourth-order valence-corrected chi connectivity index (χ4v) is 3.55. The predicted molar refractivity (Wildman–Crippen MR) is 120 cm³/mol. The second-order valence-electron chi connectivity index (χ2n) is 6.59. The van der Waals surface area contributed by atoms with Crippen molar-refractivity contribution in [3.05, 3.63) is 63.4 Å². The topological polar surface area (TPSA) is 121 Å². The van der Waals surface area contributed by atoms with E-state index in [2.05, 4.69) is 15.5 Å². The predicted octanol–water partition coefficient (Wildman–Crippen LogP) is 4.08. The molecule has 0 unspecified atom stereocenters. The second-order valence-corrected chi connectivity index (χ2v) is 8.34. The van der Waals surface area contributed by atoms with E-state index in [1.165, 1.54) is 37.1 Å². The summed E-state index contributed by atoms with van der Waals surface area (Å²) in [4.78, 5) is 23.0. The Kier molecular flexibility index (Phi) is 7.54. The van der Waals surface area contributed by atoms with Crippen LogP contribution < -0.4 is 14.8 Å². The van der Waals surface area contributed by atoms with Crippen LogP contribution in [-0.4, -0.2) is 38.0 Å². The average Bonchev–Trinajstić information content (AvgIpc) is 3.12. The van der Waals surface area contributed by atoms with Crippen LogP contribution in [0.1, 0.15) is 12.7 Å². The van der Waals surface area contributed by atoms with Crippen molar-refractivity contribution in [2.45, 2.75) is 23.9 Å². The largest absolute Gasteiger partial charge is 0.494 e. The van der Waals surface area contributed by atoms with Crippen molar-refractivity contribution < 1.29 is 19.2 Å². The van der Waals surface area contributed by atoms with Gasteiger partial charge in [0.15, 0.2) is 11.0 Å². The smallest absolute Gasteiger partial charge is 0.273 e. The first-order valence-electron chi connectivity index (χ1n) is 9.35. The minimum atomic E-state index is -0.533. The SMILES string of the molecule is COc1cc([N+](=O)[O-])ccc1NC(=O)[C@@H](C)Sc1nnc(COc2ccc(Cl)cc2)n1C. The molecular weight excluding hydrogens is 458 g/mol. The standard InChI is InChI=1S/C20H20ClN5O5S/c1-12(19(27)22-16-9-6-14(26(28)29)10-17(16)30-3)32-20-24-23-18(25(20)2)11-31-15-7-4-13(21)5-8-15/h4-10,12H,11H2,1-3H3,(H,22,27)/t12-/m1/s1. The molecular formula is C20H20ClN5O5S. The first kappa shape index (κ1) is 23.4. The molecule has 32 heavy (non-hydrogen) atoms. The number of nitro benzene ring substituents is 1. The number of nitro groups is 1. The number of non-ortho nitro benzene ring substituents is 1. The van der Waals surface area contributed by atoms with Gasteiger partial charge in [0.05, 0.1) is 29.0 Å². The number of aromatic nitrogens is 3. The van der Waals surface area contributed by atoms with Gasteiger partial charge < -0.3 is 19.4 Å². The lowest BCUT2D eigenvalue weighted by atomic mass is 10.2. The number of halogens is 1. The van der Waals surface area contributed by atoms with Crippen molar-refractivity contribution in [1.29, 1.82) is 0 Å². The van der Waals surface area contributed by atoms with E-state index in [0.29, 0.717) is 27.4 Å². The third-order valence-electron chi connectivity index (χ3n) is 4.41. The van der Waals surface area contributed by atoms with Crippen molar-refractivity contribution >= 4 is 40.6 Å². The van der Waals surface area contributed by atoms with Crippen LogP contribution in [0, 0.1) is 10.1 Å². The molecule has 168 valence electrons. The molecule has 1 atom stereocenters. The molecule has 0 bridgehead atoms. The van der Waals surface area contributed by atoms with Gasteiger partial charge >= 0.3 is 0 Å². The minimum absolute atomic E-state index is 0.130. The number of methoxy groups -OCH3 is 1. The molecule has 0 saturated heterocycles. The fourth-order valence-electron chi connectivity index (χ4n) is 2.59. The summed E-state index contributed by atoms with van der Waals surface area (Å²) in [6, 6.07) is 11.0. The Morgan fingerprint density at radius 1 is 1.28 bits per heavy atom. The quantitative estimate of drug-likeness (QED) is 0.278. The summed E-state index contributed by atoms with van der Waals surface area (Å²) in [5.41, 5.74) is 0.209. The van der Waals surface area contributed by atoms with Gasteiger partial charge in [-0.05, 0) is 37.3 Å². The fraction of sp³-hybridized carbons (Fsp3) is 0.250. The Hall–Kier alpha value is -3.31. The number of amides is 1. The van der Waals surface area contributed by atoms with E-state index >= 15 is 0 Å². The Balaban J connectivity index is 1.62. The maximum Gasteiger partial charge on any atom is 0.273 e. The van der Waals surface area contributed by atoms with E-state index < -0.39 is 10.2 Å². The van der Waals surface area contributed by atoms with E-state index in [9.17, 15) is 14.9 Å². The summed E-state index contributed by atoms with van der Waals surface area (Å²) >= 11 is 7.09. The zero-order chi connectivity index (χ0) is 23.3. The van der Waals surface area contributed by atoms with Crippen LogP contribution in [0.25, 0.3) is 0 Å². The van der Waals surface area contributed by atoms with Gasteiger partial charge in [0, 0.05) is 18.1 Å². The van der Waals surface area contributed by atoms with Gasteiger partial charge in [-0.1, -0.05) is 23.4 Å². The number of ether oxygens (including phenoxy) is 2. The number of nitrogens with zero attached hydrogens (tertiary/aromatic N) is 4. The molecule has 3 rings (SSSR count). The highest BCUT2D eigenvalue weighted by atomic mass is 35.5. The Labute approximate surface area is 193 Å². The van der Waals surface area contributed by atoms with Crippen molar-refractivity contribution in [2.24, 2.45) is 7.05 Å². The monoisotopic (exact) mass is 477 g/mol. The molecule has 0 saturated carbocycles. The summed E-state index contributed by atoms with van der Waals surface area (Å²) in [6.07, 6.45) is 0. The lowest BCUT2D eigenvalue weighted by Crippen LogP contribution is -2.23. The van der Waals surface area contributed by atoms with Gasteiger partial charge in [-0.3, -0.25) is 14.9 Å². The Bertz CT molecular complexity index is 1120. The van der Waals surface area contributed by atoms with Gasteiger partial charge in [-0.25, -0.2) is 0 Å². The van der Waals surface area contributed by atoms with Gasteiger partial charge in [0.25, 0.3) is 5.69 Å². The summed E-state index contributed by atoms with van der Waals surface area (Å²) in [6.45, 7) is 1.92. The molecule has 1 N–H and O–H groups in total. The number of hydrogen-bond acceptors (Lipinski definition) is 8. The van der Waals surface area contributed by atoms with Crippen molar-refractivity contribution in [3.8, 4) is 11.5 Å². The number of nitrogens with one attached hydrogen (secondary N) is 1. The van der Waals surface area contributed by atoms with E-state index in [4.69, 9.17) is 21.1 Å². The highest BCUT2D eigenvalue weighted by Gasteiger charge is 2.21. The molecule has 0 fully saturated rings. The normalized spacial score (nSPS) is 11.6. The second kappa shape index (κ2) is 10.3. The first-order chi connectivity index (χ1) is 15.3. The number of anilines is 1. The van der Waals surface area contributed by atoms with Crippen LogP contribution in [-0.2, 0) is 18.4 Å². The van der Waals surface area contributed by atoms with Gasteiger partial charge in [0.2, 0.25) is 5.91 Å². The molecule has 3 aromatic rings. The van der Waals surface area contributed by atoms with Crippen LogP contribution >= 0.6 is 23.4 Å².